The van der Waals surface area contributed by atoms with Gasteiger partial charge in [0.05, 0.1) is 12.6 Å². The minimum atomic E-state index is -0.449. The van der Waals surface area contributed by atoms with Crippen molar-refractivity contribution in [1.29, 1.82) is 0 Å². The lowest BCUT2D eigenvalue weighted by Gasteiger charge is -2.29. The molecule has 0 aromatic carbocycles. The highest BCUT2D eigenvalue weighted by molar-refractivity contribution is 5.81. The van der Waals surface area contributed by atoms with Crippen LogP contribution in [0.5, 0.6) is 0 Å². The van der Waals surface area contributed by atoms with Crippen LogP contribution in [0.1, 0.15) is 18.7 Å². The zero-order valence-electron chi connectivity index (χ0n) is 10.6. The molecule has 1 aliphatic rings. The molecule has 0 bridgehead atoms. The first-order valence-electron chi connectivity index (χ1n) is 6.12. The summed E-state index contributed by atoms with van der Waals surface area (Å²) < 4.78 is 6.91. The van der Waals surface area contributed by atoms with Crippen molar-refractivity contribution in [2.24, 2.45) is 5.73 Å². The number of nitrogens with two attached hydrogens (primary N) is 1. The molecule has 0 fully saturated rings. The number of methoxy groups -OCH3 is 1. The van der Waals surface area contributed by atoms with Crippen molar-refractivity contribution < 1.29 is 9.53 Å². The van der Waals surface area contributed by atoms with Gasteiger partial charge in [-0.3, -0.25) is 4.79 Å². The Morgan fingerprint density at radius 2 is 2.44 bits per heavy atom. The molecule has 0 saturated carbocycles. The summed E-state index contributed by atoms with van der Waals surface area (Å²) in [6.07, 6.45) is 3.14. The fourth-order valence-electron chi connectivity index (χ4n) is 2.06. The van der Waals surface area contributed by atoms with Crippen LogP contribution in [-0.4, -0.2) is 51.9 Å². The highest BCUT2D eigenvalue weighted by Crippen LogP contribution is 2.11. The molecule has 0 saturated heterocycles. The maximum atomic E-state index is 12.1. The molecule has 1 aliphatic heterocycles. The van der Waals surface area contributed by atoms with Crippen molar-refractivity contribution in [1.82, 2.24) is 19.7 Å². The predicted octanol–water partition coefficient (Wildman–Crippen LogP) is -0.626. The quantitative estimate of drug-likeness (QED) is 0.706. The second-order valence-electron chi connectivity index (χ2n) is 4.44. The van der Waals surface area contributed by atoms with Gasteiger partial charge in [0, 0.05) is 26.8 Å². The molecule has 2 heterocycles. The average molecular weight is 253 g/mol. The van der Waals surface area contributed by atoms with Crippen molar-refractivity contribution in [3.05, 3.63) is 12.2 Å². The Morgan fingerprint density at radius 1 is 1.61 bits per heavy atom. The molecule has 100 valence electrons. The third-order valence-corrected chi connectivity index (χ3v) is 3.13. The van der Waals surface area contributed by atoms with E-state index in [-0.39, 0.29) is 5.91 Å². The van der Waals surface area contributed by atoms with Crippen LogP contribution in [0.4, 0.5) is 0 Å². The van der Waals surface area contributed by atoms with E-state index >= 15 is 0 Å². The van der Waals surface area contributed by atoms with Crippen molar-refractivity contribution in [3.8, 4) is 0 Å². The smallest absolute Gasteiger partial charge is 0.239 e. The van der Waals surface area contributed by atoms with Crippen molar-refractivity contribution in [3.63, 3.8) is 0 Å². The van der Waals surface area contributed by atoms with E-state index in [1.807, 2.05) is 4.57 Å². The number of carbonyl (C=O) groups is 1. The zero-order valence-corrected chi connectivity index (χ0v) is 10.6. The highest BCUT2D eigenvalue weighted by Gasteiger charge is 2.25. The number of nitrogens with zero attached hydrogens (tertiary/aromatic N) is 4. The maximum Gasteiger partial charge on any atom is 0.239 e. The summed E-state index contributed by atoms with van der Waals surface area (Å²) in [5, 5.41) is 7.81. The monoisotopic (exact) mass is 253 g/mol. The lowest BCUT2D eigenvalue weighted by molar-refractivity contribution is -0.134. The summed E-state index contributed by atoms with van der Waals surface area (Å²) in [6.45, 7) is 2.53. The molecule has 2 N–H and O–H groups in total. The molecular weight excluding hydrogens is 234 g/mol. The minimum Gasteiger partial charge on any atom is -0.385 e. The summed E-state index contributed by atoms with van der Waals surface area (Å²) >= 11 is 0. The first-order chi connectivity index (χ1) is 8.72. The maximum absolute atomic E-state index is 12.1. The van der Waals surface area contributed by atoms with Gasteiger partial charge in [0.2, 0.25) is 5.91 Å². The summed E-state index contributed by atoms with van der Waals surface area (Å²) in [6, 6.07) is -0.449. The van der Waals surface area contributed by atoms with Gasteiger partial charge >= 0.3 is 0 Å². The number of amides is 1. The van der Waals surface area contributed by atoms with E-state index in [2.05, 4.69) is 10.2 Å². The number of hydrogen-bond acceptors (Lipinski definition) is 5. The average Bonchev–Trinajstić information content (AvgIpc) is 2.85. The highest BCUT2D eigenvalue weighted by atomic mass is 16.5. The largest absolute Gasteiger partial charge is 0.385 e. The van der Waals surface area contributed by atoms with Gasteiger partial charge in [-0.25, -0.2) is 0 Å². The minimum absolute atomic E-state index is 0.0136. The number of fused-ring (bicyclic) bond motifs is 1. The van der Waals surface area contributed by atoms with Crippen LogP contribution < -0.4 is 5.73 Å². The van der Waals surface area contributed by atoms with E-state index in [4.69, 9.17) is 10.5 Å². The Hall–Kier alpha value is -1.47. The molecule has 1 unspecified atom stereocenters. The fourth-order valence-corrected chi connectivity index (χ4v) is 2.06. The Bertz CT molecular complexity index is 406. The topological polar surface area (TPSA) is 86.3 Å². The van der Waals surface area contributed by atoms with E-state index in [0.717, 1.165) is 18.8 Å². The molecule has 0 radical (unpaired) electrons. The van der Waals surface area contributed by atoms with Crippen LogP contribution in [0.3, 0.4) is 0 Å². The molecule has 0 aliphatic carbocycles. The van der Waals surface area contributed by atoms with E-state index in [1.165, 1.54) is 0 Å². The summed E-state index contributed by atoms with van der Waals surface area (Å²) in [5.74, 6) is 0.805. The van der Waals surface area contributed by atoms with Crippen LogP contribution in [-0.2, 0) is 22.6 Å². The van der Waals surface area contributed by atoms with Gasteiger partial charge in [-0.15, -0.1) is 10.2 Å². The Kier molecular flexibility index (Phi) is 4.27. The van der Waals surface area contributed by atoms with Gasteiger partial charge in [-0.2, -0.15) is 0 Å². The lowest BCUT2D eigenvalue weighted by atomic mass is 10.1. The Morgan fingerprint density at radius 3 is 3.22 bits per heavy atom. The van der Waals surface area contributed by atoms with E-state index < -0.39 is 6.04 Å². The number of rotatable bonds is 5. The second-order valence-corrected chi connectivity index (χ2v) is 4.44. The van der Waals surface area contributed by atoms with Gasteiger partial charge in [-0.05, 0) is 12.8 Å². The van der Waals surface area contributed by atoms with Gasteiger partial charge in [0.25, 0.3) is 0 Å². The van der Waals surface area contributed by atoms with Crippen molar-refractivity contribution in [2.75, 3.05) is 20.3 Å². The standard InChI is InChI=1S/C11H19N5O2/c1-18-6-2-3-9(12)11(17)15-4-5-16-8-13-14-10(16)7-15/h8-9H,2-7,12H2,1H3. The molecule has 18 heavy (non-hydrogen) atoms. The molecule has 7 heteroatoms. The van der Waals surface area contributed by atoms with Gasteiger partial charge in [-0.1, -0.05) is 0 Å². The molecule has 0 spiro atoms. The number of aromatic nitrogens is 3. The first kappa shape index (κ1) is 13.0. The molecule has 1 aromatic rings. The van der Waals surface area contributed by atoms with E-state index in [9.17, 15) is 4.79 Å². The molecule has 1 aromatic heterocycles. The molecule has 1 amide bonds. The summed E-state index contributed by atoms with van der Waals surface area (Å²) in [5.41, 5.74) is 5.89. The zero-order chi connectivity index (χ0) is 13.0. The Balaban J connectivity index is 1.87. The third-order valence-electron chi connectivity index (χ3n) is 3.13. The molecular formula is C11H19N5O2. The number of carbonyl (C=O) groups excluding carboxylic acids is 1. The predicted molar refractivity (Wildman–Crippen MR) is 64.5 cm³/mol. The Labute approximate surface area is 106 Å². The van der Waals surface area contributed by atoms with Crippen LogP contribution in [0, 0.1) is 0 Å². The summed E-state index contributed by atoms with van der Waals surface area (Å²) in [7, 11) is 1.64. The van der Waals surface area contributed by atoms with Crippen LogP contribution >= 0.6 is 0 Å². The molecule has 7 nitrogen and oxygen atoms in total. The van der Waals surface area contributed by atoms with Crippen LogP contribution in [0.15, 0.2) is 6.33 Å². The molecule has 2 rings (SSSR count). The first-order valence-corrected chi connectivity index (χ1v) is 6.12. The summed E-state index contributed by atoms with van der Waals surface area (Å²) in [4.78, 5) is 13.9. The third kappa shape index (κ3) is 2.85. The van der Waals surface area contributed by atoms with Gasteiger partial charge < -0.3 is 19.9 Å². The van der Waals surface area contributed by atoms with Crippen molar-refractivity contribution >= 4 is 5.91 Å². The van der Waals surface area contributed by atoms with Crippen LogP contribution in [0.2, 0.25) is 0 Å². The van der Waals surface area contributed by atoms with Gasteiger partial charge in [0.15, 0.2) is 5.82 Å². The van der Waals surface area contributed by atoms with Crippen LogP contribution in [0.25, 0.3) is 0 Å². The van der Waals surface area contributed by atoms with Crippen molar-refractivity contribution in [2.45, 2.75) is 32.0 Å². The fraction of sp³-hybridized carbons (Fsp3) is 0.727. The normalized spacial score (nSPS) is 16.4. The molecule has 1 atom stereocenters. The second kappa shape index (κ2) is 5.92. The number of ether oxygens (including phenoxy) is 1. The lowest BCUT2D eigenvalue weighted by Crippen LogP contribution is -2.47. The number of hydrogen-bond donors (Lipinski definition) is 1. The van der Waals surface area contributed by atoms with E-state index in [1.54, 1.807) is 18.3 Å². The SMILES string of the molecule is COCCCC(N)C(=O)N1CCn2cnnc2C1. The van der Waals surface area contributed by atoms with E-state index in [0.29, 0.717) is 26.1 Å². The van der Waals surface area contributed by atoms with Gasteiger partial charge in [0.1, 0.15) is 6.33 Å².